The van der Waals surface area contributed by atoms with Gasteiger partial charge in [-0.15, -0.1) is 0 Å². The SMILES string of the molecule is CNC(C)c1cccc(F)c1N1CCCC(CO)C1. The number of rotatable bonds is 4. The number of nitrogens with one attached hydrogen (secondary N) is 1. The van der Waals surface area contributed by atoms with E-state index in [1.54, 1.807) is 6.07 Å². The summed E-state index contributed by atoms with van der Waals surface area (Å²) < 4.78 is 14.2. The summed E-state index contributed by atoms with van der Waals surface area (Å²) >= 11 is 0. The van der Waals surface area contributed by atoms with Crippen LogP contribution in [-0.4, -0.2) is 31.9 Å². The van der Waals surface area contributed by atoms with E-state index < -0.39 is 0 Å². The third-order valence-electron chi connectivity index (χ3n) is 4.01. The van der Waals surface area contributed by atoms with Crippen molar-refractivity contribution in [3.63, 3.8) is 0 Å². The van der Waals surface area contributed by atoms with Gasteiger partial charge in [-0.1, -0.05) is 12.1 Å². The lowest BCUT2D eigenvalue weighted by atomic mass is 9.96. The monoisotopic (exact) mass is 266 g/mol. The van der Waals surface area contributed by atoms with E-state index in [0.29, 0.717) is 5.69 Å². The molecule has 106 valence electrons. The zero-order chi connectivity index (χ0) is 13.8. The normalized spacial score (nSPS) is 21.5. The minimum Gasteiger partial charge on any atom is -0.396 e. The maximum Gasteiger partial charge on any atom is 0.146 e. The molecule has 2 rings (SSSR count). The van der Waals surface area contributed by atoms with Crippen LogP contribution in [0, 0.1) is 11.7 Å². The molecule has 0 bridgehead atoms. The van der Waals surface area contributed by atoms with Gasteiger partial charge < -0.3 is 15.3 Å². The van der Waals surface area contributed by atoms with Gasteiger partial charge in [0.1, 0.15) is 5.82 Å². The van der Waals surface area contributed by atoms with Gasteiger partial charge in [0.05, 0.1) is 5.69 Å². The van der Waals surface area contributed by atoms with E-state index in [1.165, 1.54) is 6.07 Å². The fraction of sp³-hybridized carbons (Fsp3) is 0.600. The first-order valence-electron chi connectivity index (χ1n) is 6.98. The molecule has 0 spiro atoms. The third kappa shape index (κ3) is 3.07. The van der Waals surface area contributed by atoms with Crippen molar-refractivity contribution in [1.82, 2.24) is 5.32 Å². The second kappa shape index (κ2) is 6.35. The van der Waals surface area contributed by atoms with Gasteiger partial charge in [0.15, 0.2) is 0 Å². The summed E-state index contributed by atoms with van der Waals surface area (Å²) in [7, 11) is 1.88. The summed E-state index contributed by atoms with van der Waals surface area (Å²) in [6.07, 6.45) is 2.03. The fourth-order valence-electron chi connectivity index (χ4n) is 2.79. The Bertz CT molecular complexity index is 425. The predicted molar refractivity (Wildman–Crippen MR) is 75.9 cm³/mol. The summed E-state index contributed by atoms with van der Waals surface area (Å²) in [6.45, 7) is 3.81. The van der Waals surface area contributed by atoms with Crippen molar-refractivity contribution >= 4 is 5.69 Å². The molecular weight excluding hydrogens is 243 g/mol. The third-order valence-corrected chi connectivity index (χ3v) is 4.01. The highest BCUT2D eigenvalue weighted by Gasteiger charge is 2.24. The van der Waals surface area contributed by atoms with E-state index >= 15 is 0 Å². The number of hydrogen-bond acceptors (Lipinski definition) is 3. The Hall–Kier alpha value is -1.13. The van der Waals surface area contributed by atoms with Crippen LogP contribution in [0.2, 0.25) is 0 Å². The number of piperidine rings is 1. The van der Waals surface area contributed by atoms with E-state index in [9.17, 15) is 9.50 Å². The first-order chi connectivity index (χ1) is 9.17. The Balaban J connectivity index is 2.32. The van der Waals surface area contributed by atoms with Gasteiger partial charge in [0.2, 0.25) is 0 Å². The second-order valence-corrected chi connectivity index (χ2v) is 5.32. The van der Waals surface area contributed by atoms with Crippen molar-refractivity contribution < 1.29 is 9.50 Å². The molecule has 1 aliphatic heterocycles. The molecule has 0 aromatic heterocycles. The smallest absolute Gasteiger partial charge is 0.146 e. The minimum absolute atomic E-state index is 0.111. The second-order valence-electron chi connectivity index (χ2n) is 5.32. The molecule has 0 aliphatic carbocycles. The quantitative estimate of drug-likeness (QED) is 0.878. The molecule has 0 saturated carbocycles. The number of halogens is 1. The molecule has 1 saturated heterocycles. The van der Waals surface area contributed by atoms with Crippen molar-refractivity contribution in [3.8, 4) is 0 Å². The lowest BCUT2D eigenvalue weighted by molar-refractivity contribution is 0.208. The Morgan fingerprint density at radius 2 is 2.32 bits per heavy atom. The fourth-order valence-corrected chi connectivity index (χ4v) is 2.79. The van der Waals surface area contributed by atoms with Crippen LogP contribution >= 0.6 is 0 Å². The average Bonchev–Trinajstić information content (AvgIpc) is 2.46. The lowest BCUT2D eigenvalue weighted by Gasteiger charge is -2.35. The average molecular weight is 266 g/mol. The van der Waals surface area contributed by atoms with Crippen LogP contribution in [0.4, 0.5) is 10.1 Å². The molecule has 0 radical (unpaired) electrons. The van der Waals surface area contributed by atoms with E-state index in [1.807, 2.05) is 20.0 Å². The first kappa shape index (κ1) is 14.3. The molecule has 1 fully saturated rings. The van der Waals surface area contributed by atoms with Crippen LogP contribution in [0.15, 0.2) is 18.2 Å². The molecule has 2 atom stereocenters. The van der Waals surface area contributed by atoms with Gasteiger partial charge in [-0.3, -0.25) is 0 Å². The first-order valence-corrected chi connectivity index (χ1v) is 6.98. The highest BCUT2D eigenvalue weighted by atomic mass is 19.1. The molecule has 1 heterocycles. The molecule has 0 amide bonds. The van der Waals surface area contributed by atoms with E-state index in [-0.39, 0.29) is 24.4 Å². The Labute approximate surface area is 114 Å². The van der Waals surface area contributed by atoms with Crippen molar-refractivity contribution in [2.45, 2.75) is 25.8 Å². The van der Waals surface area contributed by atoms with Gasteiger partial charge in [0.25, 0.3) is 0 Å². The Kier molecular flexibility index (Phi) is 4.77. The number of hydrogen-bond donors (Lipinski definition) is 2. The largest absolute Gasteiger partial charge is 0.396 e. The van der Waals surface area contributed by atoms with Crippen LogP contribution in [-0.2, 0) is 0 Å². The summed E-state index contributed by atoms with van der Waals surface area (Å²) in [5.74, 6) is 0.0873. The molecule has 1 aromatic carbocycles. The van der Waals surface area contributed by atoms with Gasteiger partial charge in [-0.25, -0.2) is 4.39 Å². The van der Waals surface area contributed by atoms with Gasteiger partial charge in [0, 0.05) is 25.7 Å². The topological polar surface area (TPSA) is 35.5 Å². The minimum atomic E-state index is -0.168. The Morgan fingerprint density at radius 3 is 3.00 bits per heavy atom. The predicted octanol–water partition coefficient (Wildman–Crippen LogP) is 2.31. The van der Waals surface area contributed by atoms with Gasteiger partial charge in [-0.05, 0) is 44.4 Å². The van der Waals surface area contributed by atoms with Crippen LogP contribution in [0.5, 0.6) is 0 Å². The number of anilines is 1. The van der Waals surface area contributed by atoms with Crippen LogP contribution in [0.3, 0.4) is 0 Å². The molecule has 2 N–H and O–H groups in total. The summed E-state index contributed by atoms with van der Waals surface area (Å²) in [6, 6.07) is 5.36. The van der Waals surface area contributed by atoms with Crippen molar-refractivity contribution in [2.75, 3.05) is 31.6 Å². The standard InChI is InChI=1S/C15H23FN2O/c1-11(17-2)13-6-3-7-14(16)15(13)18-8-4-5-12(9-18)10-19/h3,6-7,11-12,17,19H,4-5,8-10H2,1-2H3. The molecule has 19 heavy (non-hydrogen) atoms. The number of aliphatic hydroxyl groups is 1. The lowest BCUT2D eigenvalue weighted by Crippen LogP contribution is -2.38. The molecule has 1 aromatic rings. The highest BCUT2D eigenvalue weighted by Crippen LogP contribution is 2.32. The summed E-state index contributed by atoms with van der Waals surface area (Å²) in [5.41, 5.74) is 1.68. The van der Waals surface area contributed by atoms with Crippen molar-refractivity contribution in [1.29, 1.82) is 0 Å². The molecule has 1 aliphatic rings. The zero-order valence-electron chi connectivity index (χ0n) is 11.7. The van der Waals surface area contributed by atoms with Crippen molar-refractivity contribution in [2.24, 2.45) is 5.92 Å². The Morgan fingerprint density at radius 1 is 1.53 bits per heavy atom. The molecule has 2 unspecified atom stereocenters. The maximum absolute atomic E-state index is 14.2. The molecule has 3 nitrogen and oxygen atoms in total. The van der Waals surface area contributed by atoms with E-state index in [4.69, 9.17) is 0 Å². The van der Waals surface area contributed by atoms with Crippen molar-refractivity contribution in [3.05, 3.63) is 29.6 Å². The number of para-hydroxylation sites is 1. The number of nitrogens with zero attached hydrogens (tertiary/aromatic N) is 1. The highest BCUT2D eigenvalue weighted by molar-refractivity contribution is 5.56. The summed E-state index contributed by atoms with van der Waals surface area (Å²) in [5, 5.41) is 12.5. The molecule has 4 heteroatoms. The van der Waals surface area contributed by atoms with Crippen LogP contribution in [0.25, 0.3) is 0 Å². The number of benzene rings is 1. The zero-order valence-corrected chi connectivity index (χ0v) is 11.7. The molecular formula is C15H23FN2O. The van der Waals surface area contributed by atoms with E-state index in [0.717, 1.165) is 31.5 Å². The van der Waals surface area contributed by atoms with Gasteiger partial charge in [-0.2, -0.15) is 0 Å². The maximum atomic E-state index is 14.2. The summed E-state index contributed by atoms with van der Waals surface area (Å²) in [4.78, 5) is 2.09. The van der Waals surface area contributed by atoms with Crippen LogP contribution in [0.1, 0.15) is 31.4 Å². The van der Waals surface area contributed by atoms with Gasteiger partial charge >= 0.3 is 0 Å². The van der Waals surface area contributed by atoms with Crippen LogP contribution < -0.4 is 10.2 Å². The number of aliphatic hydroxyl groups excluding tert-OH is 1. The van der Waals surface area contributed by atoms with E-state index in [2.05, 4.69) is 10.2 Å².